The molecule has 15 heavy (non-hydrogen) atoms. The maximum absolute atomic E-state index is 6.00. The molecule has 2 aliphatic heterocycles. The number of nitrogens with zero attached hydrogens (tertiary/aromatic N) is 1. The van der Waals surface area contributed by atoms with Gasteiger partial charge in [-0.1, -0.05) is 13.8 Å². The number of hydrogen-bond acceptors (Lipinski definition) is 3. The molecule has 2 atom stereocenters. The van der Waals surface area contributed by atoms with Gasteiger partial charge in [-0.25, -0.2) is 0 Å². The van der Waals surface area contributed by atoms with Crippen LogP contribution in [0.4, 0.5) is 0 Å². The molecule has 2 heterocycles. The van der Waals surface area contributed by atoms with E-state index in [2.05, 4.69) is 31.1 Å². The lowest BCUT2D eigenvalue weighted by Gasteiger charge is -2.46. The lowest BCUT2D eigenvalue weighted by Crippen LogP contribution is -2.61. The Morgan fingerprint density at radius 3 is 2.27 bits per heavy atom. The normalized spacial score (nSPS) is 41.4. The zero-order valence-corrected chi connectivity index (χ0v) is 10.3. The second-order valence-corrected chi connectivity index (χ2v) is 5.74. The van der Waals surface area contributed by atoms with E-state index in [0.29, 0.717) is 6.04 Å². The van der Waals surface area contributed by atoms with Crippen LogP contribution in [-0.4, -0.2) is 42.2 Å². The van der Waals surface area contributed by atoms with E-state index in [4.69, 9.17) is 5.73 Å². The molecule has 0 aromatic rings. The van der Waals surface area contributed by atoms with Gasteiger partial charge in [-0.05, 0) is 32.7 Å². The largest absolute Gasteiger partial charge is 0.329 e. The summed E-state index contributed by atoms with van der Waals surface area (Å²) in [5.74, 6) is 0. The van der Waals surface area contributed by atoms with Crippen LogP contribution in [0.25, 0.3) is 0 Å². The molecule has 2 rings (SSSR count). The monoisotopic (exact) mass is 211 g/mol. The number of rotatable bonds is 3. The highest BCUT2D eigenvalue weighted by Crippen LogP contribution is 2.39. The number of hydrogen-bond donors (Lipinski definition) is 2. The first-order valence-corrected chi connectivity index (χ1v) is 6.26. The lowest BCUT2D eigenvalue weighted by atomic mass is 9.82. The summed E-state index contributed by atoms with van der Waals surface area (Å²) in [5.41, 5.74) is 6.22. The van der Waals surface area contributed by atoms with Gasteiger partial charge in [-0.2, -0.15) is 0 Å². The molecule has 2 saturated heterocycles. The molecule has 0 aliphatic carbocycles. The van der Waals surface area contributed by atoms with Gasteiger partial charge >= 0.3 is 0 Å². The molecule has 0 saturated carbocycles. The van der Waals surface area contributed by atoms with E-state index >= 15 is 0 Å². The number of fused-ring (bicyclic) bond motifs is 2. The van der Waals surface area contributed by atoms with E-state index < -0.39 is 0 Å². The minimum atomic E-state index is 0.215. The van der Waals surface area contributed by atoms with Crippen LogP contribution in [0.2, 0.25) is 0 Å². The van der Waals surface area contributed by atoms with Crippen LogP contribution in [-0.2, 0) is 0 Å². The van der Waals surface area contributed by atoms with Crippen LogP contribution >= 0.6 is 0 Å². The van der Waals surface area contributed by atoms with Crippen molar-refractivity contribution in [3.63, 3.8) is 0 Å². The van der Waals surface area contributed by atoms with Gasteiger partial charge in [0.25, 0.3) is 0 Å². The van der Waals surface area contributed by atoms with Crippen molar-refractivity contribution in [1.29, 1.82) is 0 Å². The smallest absolute Gasteiger partial charge is 0.0335 e. The van der Waals surface area contributed by atoms with E-state index in [0.717, 1.165) is 18.6 Å². The van der Waals surface area contributed by atoms with Gasteiger partial charge in [-0.15, -0.1) is 0 Å². The maximum atomic E-state index is 6.00. The highest BCUT2D eigenvalue weighted by Gasteiger charge is 2.46. The van der Waals surface area contributed by atoms with Crippen LogP contribution in [0.3, 0.4) is 0 Å². The number of piperidine rings is 1. The predicted molar refractivity (Wildman–Crippen MR) is 63.9 cm³/mol. The second-order valence-electron chi connectivity index (χ2n) is 5.74. The molecule has 0 aromatic heterocycles. The van der Waals surface area contributed by atoms with Crippen LogP contribution < -0.4 is 11.1 Å². The summed E-state index contributed by atoms with van der Waals surface area (Å²) in [5, 5.41) is 3.71. The van der Waals surface area contributed by atoms with Crippen molar-refractivity contribution < 1.29 is 0 Å². The molecule has 0 aromatic carbocycles. The van der Waals surface area contributed by atoms with E-state index in [9.17, 15) is 0 Å². The average molecular weight is 211 g/mol. The Kier molecular flexibility index (Phi) is 3.06. The van der Waals surface area contributed by atoms with Crippen molar-refractivity contribution >= 4 is 0 Å². The summed E-state index contributed by atoms with van der Waals surface area (Å²) in [6, 6.07) is 2.06. The molecule has 88 valence electrons. The molecule has 2 fully saturated rings. The SMILES string of the molecule is CC(C)NC1(CN)CC2CCC(C1)N2C. The molecule has 3 heteroatoms. The van der Waals surface area contributed by atoms with Gasteiger partial charge < -0.3 is 16.0 Å². The molecule has 0 amide bonds. The first-order valence-electron chi connectivity index (χ1n) is 6.26. The summed E-state index contributed by atoms with van der Waals surface area (Å²) < 4.78 is 0. The summed E-state index contributed by atoms with van der Waals surface area (Å²) in [6.07, 6.45) is 5.19. The Bertz CT molecular complexity index is 213. The van der Waals surface area contributed by atoms with Gasteiger partial charge in [0, 0.05) is 30.2 Å². The van der Waals surface area contributed by atoms with Crippen molar-refractivity contribution in [2.45, 2.75) is 63.2 Å². The molecule has 2 bridgehead atoms. The van der Waals surface area contributed by atoms with Crippen molar-refractivity contribution in [2.75, 3.05) is 13.6 Å². The minimum Gasteiger partial charge on any atom is -0.329 e. The maximum Gasteiger partial charge on any atom is 0.0335 e. The highest BCUT2D eigenvalue weighted by molar-refractivity contribution is 5.05. The zero-order chi connectivity index (χ0) is 11.1. The van der Waals surface area contributed by atoms with Gasteiger partial charge in [0.1, 0.15) is 0 Å². The van der Waals surface area contributed by atoms with Gasteiger partial charge in [0.15, 0.2) is 0 Å². The standard InChI is InChI=1S/C12H25N3/c1-9(2)14-12(8-13)6-10-4-5-11(7-12)15(10)3/h9-11,14H,4-8,13H2,1-3H3. The Labute approximate surface area is 93.4 Å². The zero-order valence-electron chi connectivity index (χ0n) is 10.3. The number of nitrogens with one attached hydrogen (secondary N) is 1. The summed E-state index contributed by atoms with van der Waals surface area (Å²) in [6.45, 7) is 5.22. The quantitative estimate of drug-likeness (QED) is 0.730. The summed E-state index contributed by atoms with van der Waals surface area (Å²) >= 11 is 0. The molecular formula is C12H25N3. The fraction of sp³-hybridized carbons (Fsp3) is 1.00. The Morgan fingerprint density at radius 1 is 1.33 bits per heavy atom. The lowest BCUT2D eigenvalue weighted by molar-refractivity contribution is 0.0892. The first kappa shape index (κ1) is 11.4. The minimum absolute atomic E-state index is 0.215. The highest BCUT2D eigenvalue weighted by atomic mass is 15.2. The van der Waals surface area contributed by atoms with E-state index in [1.807, 2.05) is 0 Å². The van der Waals surface area contributed by atoms with E-state index in [-0.39, 0.29) is 5.54 Å². The number of nitrogens with two attached hydrogens (primary N) is 1. The topological polar surface area (TPSA) is 41.3 Å². The fourth-order valence-electron chi connectivity index (χ4n) is 3.52. The van der Waals surface area contributed by atoms with Gasteiger partial charge in [0.05, 0.1) is 0 Å². The molecule has 3 N–H and O–H groups in total. The van der Waals surface area contributed by atoms with Crippen molar-refractivity contribution in [3.8, 4) is 0 Å². The van der Waals surface area contributed by atoms with E-state index in [1.54, 1.807) is 0 Å². The molecule has 2 aliphatic rings. The van der Waals surface area contributed by atoms with Gasteiger partial charge in [-0.3, -0.25) is 0 Å². The van der Waals surface area contributed by atoms with Crippen molar-refractivity contribution in [2.24, 2.45) is 5.73 Å². The Morgan fingerprint density at radius 2 is 1.87 bits per heavy atom. The second kappa shape index (κ2) is 4.04. The van der Waals surface area contributed by atoms with Crippen LogP contribution in [0.1, 0.15) is 39.5 Å². The third-order valence-electron chi connectivity index (χ3n) is 4.22. The Hall–Kier alpha value is -0.120. The van der Waals surface area contributed by atoms with E-state index in [1.165, 1.54) is 25.7 Å². The van der Waals surface area contributed by atoms with Crippen LogP contribution in [0.5, 0.6) is 0 Å². The third-order valence-corrected chi connectivity index (χ3v) is 4.22. The summed E-state index contributed by atoms with van der Waals surface area (Å²) in [4.78, 5) is 2.57. The van der Waals surface area contributed by atoms with Crippen molar-refractivity contribution in [1.82, 2.24) is 10.2 Å². The molecule has 0 spiro atoms. The summed E-state index contributed by atoms with van der Waals surface area (Å²) in [7, 11) is 2.28. The van der Waals surface area contributed by atoms with Gasteiger partial charge in [0.2, 0.25) is 0 Å². The fourth-order valence-corrected chi connectivity index (χ4v) is 3.52. The predicted octanol–water partition coefficient (Wildman–Crippen LogP) is 0.939. The molecule has 3 nitrogen and oxygen atoms in total. The molecular weight excluding hydrogens is 186 g/mol. The van der Waals surface area contributed by atoms with Crippen LogP contribution in [0.15, 0.2) is 0 Å². The first-order chi connectivity index (χ1) is 7.06. The molecule has 2 unspecified atom stereocenters. The van der Waals surface area contributed by atoms with Crippen molar-refractivity contribution in [3.05, 3.63) is 0 Å². The average Bonchev–Trinajstić information content (AvgIpc) is 2.41. The third kappa shape index (κ3) is 2.05. The Balaban J connectivity index is 2.09. The van der Waals surface area contributed by atoms with Crippen LogP contribution in [0, 0.1) is 0 Å². The molecule has 0 radical (unpaired) electrons.